The van der Waals surface area contributed by atoms with Gasteiger partial charge in [0.25, 0.3) is 5.91 Å². The summed E-state index contributed by atoms with van der Waals surface area (Å²) in [7, 11) is 3.95. The van der Waals surface area contributed by atoms with E-state index < -0.39 is 0 Å². The average Bonchev–Trinajstić information content (AvgIpc) is 3.19. The number of hydrogen-bond donors (Lipinski definition) is 4. The smallest absolute Gasteiger partial charge is 0.255 e. The van der Waals surface area contributed by atoms with Gasteiger partial charge in [-0.05, 0) is 44.2 Å². The van der Waals surface area contributed by atoms with Gasteiger partial charge in [0, 0.05) is 36.6 Å². The van der Waals surface area contributed by atoms with Gasteiger partial charge in [0.1, 0.15) is 5.75 Å². The van der Waals surface area contributed by atoms with Gasteiger partial charge in [0.2, 0.25) is 5.91 Å². The zero-order valence-corrected chi connectivity index (χ0v) is 17.8. The Morgan fingerprint density at radius 3 is 2.64 bits per heavy atom. The summed E-state index contributed by atoms with van der Waals surface area (Å²) in [5, 5.41) is 16.1. The first-order chi connectivity index (χ1) is 13.6. The van der Waals surface area contributed by atoms with E-state index in [0.29, 0.717) is 32.4 Å². The summed E-state index contributed by atoms with van der Waals surface area (Å²) in [6.45, 7) is 0.988. The molecule has 0 saturated carbocycles. The molecule has 1 aliphatic heterocycles. The summed E-state index contributed by atoms with van der Waals surface area (Å²) in [4.78, 5) is 23.9. The van der Waals surface area contributed by atoms with Crippen molar-refractivity contribution in [1.82, 2.24) is 10.6 Å². The van der Waals surface area contributed by atoms with Crippen molar-refractivity contribution < 1.29 is 14.7 Å². The van der Waals surface area contributed by atoms with Crippen molar-refractivity contribution in [2.45, 2.75) is 56.2 Å². The fourth-order valence-corrected chi connectivity index (χ4v) is 6.01. The molecule has 1 aliphatic rings. The van der Waals surface area contributed by atoms with Crippen molar-refractivity contribution in [3.63, 3.8) is 0 Å². The Hall–Kier alpha value is -1.38. The van der Waals surface area contributed by atoms with Crippen LogP contribution in [0.5, 0.6) is 5.75 Å². The van der Waals surface area contributed by atoms with Crippen LogP contribution in [0.15, 0.2) is 24.3 Å². The minimum Gasteiger partial charge on any atom is -0.507 e. The molecule has 1 aromatic carbocycles. The van der Waals surface area contributed by atoms with Gasteiger partial charge in [0.05, 0.1) is 5.56 Å². The number of amides is 2. The number of nitrogens with two attached hydrogens (primary N) is 1. The number of phenolic OH excluding ortho intramolecular Hbond substituents is 1. The highest BCUT2D eigenvalue weighted by Crippen LogP contribution is 2.39. The molecule has 156 valence electrons. The molecule has 28 heavy (non-hydrogen) atoms. The van der Waals surface area contributed by atoms with E-state index in [2.05, 4.69) is 10.6 Å². The molecule has 1 aromatic rings. The Labute approximate surface area is 175 Å². The van der Waals surface area contributed by atoms with Crippen LogP contribution in [0, 0.1) is 0 Å². The van der Waals surface area contributed by atoms with E-state index in [0.717, 1.165) is 18.1 Å². The summed E-state index contributed by atoms with van der Waals surface area (Å²) in [5.41, 5.74) is 6.31. The molecule has 2 unspecified atom stereocenters. The Balaban J connectivity index is 1.47. The van der Waals surface area contributed by atoms with Crippen LogP contribution in [0.1, 0.15) is 55.3 Å². The minimum absolute atomic E-state index is 0.0344. The molecule has 2 amide bonds. The van der Waals surface area contributed by atoms with Crippen LogP contribution >= 0.6 is 21.6 Å². The fraction of sp³-hybridized carbons (Fsp3) is 0.600. The van der Waals surface area contributed by atoms with Gasteiger partial charge in [-0.1, -0.05) is 40.1 Å². The number of carbonyl (C=O) groups excluding carboxylic acids is 2. The Morgan fingerprint density at radius 2 is 1.93 bits per heavy atom. The van der Waals surface area contributed by atoms with Crippen LogP contribution in [-0.2, 0) is 4.79 Å². The largest absolute Gasteiger partial charge is 0.507 e. The summed E-state index contributed by atoms with van der Waals surface area (Å²) in [5.74, 6) is 1.00. The Kier molecular flexibility index (Phi) is 10.6. The number of para-hydroxylation sites is 1. The number of hydrogen-bond acceptors (Lipinski definition) is 6. The predicted molar refractivity (Wildman–Crippen MR) is 118 cm³/mol. The number of phenols is 1. The van der Waals surface area contributed by atoms with Crippen LogP contribution in [0.2, 0.25) is 0 Å². The summed E-state index contributed by atoms with van der Waals surface area (Å²) < 4.78 is 0. The van der Waals surface area contributed by atoms with Crippen LogP contribution in [0.3, 0.4) is 0 Å². The molecule has 1 saturated heterocycles. The lowest BCUT2D eigenvalue weighted by Gasteiger charge is -2.13. The monoisotopic (exact) mass is 425 g/mol. The molecule has 1 fully saturated rings. The van der Waals surface area contributed by atoms with E-state index in [1.54, 1.807) is 18.2 Å². The van der Waals surface area contributed by atoms with Gasteiger partial charge >= 0.3 is 0 Å². The standard InChI is InChI=1S/C20H31N3O3S2/c21-15(10-13-23-20(26)17-6-2-3-7-18(17)24)9-12-22-19(25)8-4-1-5-16-11-14-27-28-16/h2-3,6-7,15-16,24H,1,4-5,8-14,21H2,(H,22,25)(H,23,26). The first-order valence-electron chi connectivity index (χ1n) is 9.93. The topological polar surface area (TPSA) is 104 Å². The molecular weight excluding hydrogens is 394 g/mol. The lowest BCUT2D eigenvalue weighted by atomic mass is 10.1. The van der Waals surface area contributed by atoms with E-state index in [9.17, 15) is 14.7 Å². The zero-order chi connectivity index (χ0) is 20.2. The first-order valence-corrected chi connectivity index (χ1v) is 12.3. The summed E-state index contributed by atoms with van der Waals surface area (Å²) >= 11 is 0. The number of nitrogens with one attached hydrogen (secondary N) is 2. The third kappa shape index (κ3) is 8.75. The predicted octanol–water partition coefficient (Wildman–Crippen LogP) is 3.06. The number of carbonyl (C=O) groups is 2. The number of aromatic hydroxyl groups is 1. The van der Waals surface area contributed by atoms with Crippen molar-refractivity contribution in [2.24, 2.45) is 5.73 Å². The molecule has 0 spiro atoms. The average molecular weight is 426 g/mol. The highest BCUT2D eigenvalue weighted by Gasteiger charge is 2.16. The van der Waals surface area contributed by atoms with Crippen molar-refractivity contribution in [1.29, 1.82) is 0 Å². The van der Waals surface area contributed by atoms with E-state index in [1.165, 1.54) is 24.7 Å². The SMILES string of the molecule is NC(CCNC(=O)CCCCC1CCSS1)CCNC(=O)c1ccccc1O. The normalized spacial score (nSPS) is 17.2. The highest BCUT2D eigenvalue weighted by molar-refractivity contribution is 8.77. The van der Waals surface area contributed by atoms with Gasteiger partial charge in [-0.2, -0.15) is 0 Å². The third-order valence-corrected chi connectivity index (χ3v) is 7.70. The fourth-order valence-electron chi connectivity index (χ4n) is 2.98. The molecule has 0 aromatic heterocycles. The van der Waals surface area contributed by atoms with Crippen LogP contribution in [0.4, 0.5) is 0 Å². The highest BCUT2D eigenvalue weighted by atomic mass is 33.1. The second-order valence-corrected chi connectivity index (χ2v) is 9.82. The van der Waals surface area contributed by atoms with Gasteiger partial charge in [-0.3, -0.25) is 9.59 Å². The van der Waals surface area contributed by atoms with Gasteiger partial charge < -0.3 is 21.5 Å². The third-order valence-electron chi connectivity index (χ3n) is 4.69. The van der Waals surface area contributed by atoms with Crippen LogP contribution in [-0.4, -0.2) is 47.1 Å². The van der Waals surface area contributed by atoms with Crippen molar-refractivity contribution >= 4 is 33.4 Å². The van der Waals surface area contributed by atoms with Crippen LogP contribution in [0.25, 0.3) is 0 Å². The molecule has 0 radical (unpaired) electrons. The van der Waals surface area contributed by atoms with Gasteiger partial charge in [-0.25, -0.2) is 0 Å². The minimum atomic E-state index is -0.312. The second kappa shape index (κ2) is 13.0. The number of rotatable bonds is 12. The van der Waals surface area contributed by atoms with E-state index >= 15 is 0 Å². The van der Waals surface area contributed by atoms with Gasteiger partial charge in [-0.15, -0.1) is 0 Å². The van der Waals surface area contributed by atoms with Gasteiger partial charge in [0.15, 0.2) is 0 Å². The molecule has 5 N–H and O–H groups in total. The molecule has 8 heteroatoms. The maximum Gasteiger partial charge on any atom is 0.255 e. The molecule has 0 bridgehead atoms. The maximum atomic E-state index is 12.0. The molecule has 2 atom stereocenters. The molecule has 2 rings (SSSR count). The summed E-state index contributed by atoms with van der Waals surface area (Å²) in [6.07, 6.45) is 6.44. The van der Waals surface area contributed by atoms with Crippen molar-refractivity contribution in [3.05, 3.63) is 29.8 Å². The maximum absolute atomic E-state index is 12.0. The zero-order valence-electron chi connectivity index (χ0n) is 16.2. The van der Waals surface area contributed by atoms with Crippen molar-refractivity contribution in [2.75, 3.05) is 18.8 Å². The van der Waals surface area contributed by atoms with E-state index in [1.807, 2.05) is 21.6 Å². The molecule has 0 aliphatic carbocycles. The Bertz CT molecular complexity index is 624. The quantitative estimate of drug-likeness (QED) is 0.303. The van der Waals surface area contributed by atoms with E-state index in [4.69, 9.17) is 5.73 Å². The lowest BCUT2D eigenvalue weighted by molar-refractivity contribution is -0.121. The molecular formula is C20H31N3O3S2. The molecule has 1 heterocycles. The second-order valence-electron chi connectivity index (χ2n) is 7.04. The lowest BCUT2D eigenvalue weighted by Crippen LogP contribution is -2.33. The Morgan fingerprint density at radius 1 is 1.18 bits per heavy atom. The summed E-state index contributed by atoms with van der Waals surface area (Å²) in [6, 6.07) is 6.34. The first kappa shape index (κ1) is 22.9. The number of benzene rings is 1. The van der Waals surface area contributed by atoms with Crippen molar-refractivity contribution in [3.8, 4) is 5.75 Å². The molecule has 6 nitrogen and oxygen atoms in total. The number of unbranched alkanes of at least 4 members (excludes halogenated alkanes) is 1. The van der Waals surface area contributed by atoms with Crippen LogP contribution < -0.4 is 16.4 Å². The van der Waals surface area contributed by atoms with E-state index in [-0.39, 0.29) is 29.2 Å².